The Hall–Kier alpha value is -3.75. The lowest BCUT2D eigenvalue weighted by molar-refractivity contribution is -0.277. The normalized spacial score (nSPS) is 24.4. The number of aromatic hydroxyl groups is 4. The predicted molar refractivity (Wildman–Crippen MR) is 116 cm³/mol. The zero-order valence-corrected chi connectivity index (χ0v) is 18.0. The zero-order valence-electron chi connectivity index (χ0n) is 18.0. The number of rotatable bonds is 5. The average molecular weight is 494 g/mol. The van der Waals surface area contributed by atoms with Crippen molar-refractivity contribution in [3.8, 4) is 45.8 Å². The van der Waals surface area contributed by atoms with Crippen molar-refractivity contribution in [1.29, 1.82) is 0 Å². The fourth-order valence-corrected chi connectivity index (χ4v) is 3.70. The third-order valence-electron chi connectivity index (χ3n) is 5.59. The summed E-state index contributed by atoms with van der Waals surface area (Å²) >= 11 is 0. The molecule has 0 spiro atoms. The van der Waals surface area contributed by atoms with Crippen molar-refractivity contribution in [3.63, 3.8) is 0 Å². The van der Waals surface area contributed by atoms with Crippen molar-refractivity contribution in [2.45, 2.75) is 30.7 Å². The summed E-state index contributed by atoms with van der Waals surface area (Å²) in [7, 11) is 1.16. The van der Waals surface area contributed by atoms with Crippen molar-refractivity contribution >= 4 is 11.0 Å². The van der Waals surface area contributed by atoms with Gasteiger partial charge in [-0.3, -0.25) is 4.79 Å². The number of aliphatic hydroxyl groups is 4. The highest BCUT2D eigenvalue weighted by Crippen LogP contribution is 2.44. The molecule has 8 N–H and O–H groups in total. The lowest BCUT2D eigenvalue weighted by Crippen LogP contribution is -2.60. The highest BCUT2D eigenvalue weighted by molar-refractivity contribution is 5.91. The first-order valence-electron chi connectivity index (χ1n) is 10.2. The van der Waals surface area contributed by atoms with Crippen molar-refractivity contribution in [2.24, 2.45) is 0 Å². The molecule has 5 atom stereocenters. The molecule has 0 radical (unpaired) electrons. The van der Waals surface area contributed by atoms with Crippen LogP contribution >= 0.6 is 0 Å². The van der Waals surface area contributed by atoms with Gasteiger partial charge in [0.05, 0.1) is 13.7 Å². The average Bonchev–Trinajstić information content (AvgIpc) is 2.83. The molecule has 1 fully saturated rings. The molecule has 1 aliphatic heterocycles. The number of phenolic OH excluding ortho intramolecular Hbond substituents is 4. The molecule has 35 heavy (non-hydrogen) atoms. The van der Waals surface area contributed by atoms with Crippen LogP contribution in [0.1, 0.15) is 0 Å². The Morgan fingerprint density at radius 2 is 1.66 bits per heavy atom. The number of benzene rings is 2. The fourth-order valence-electron chi connectivity index (χ4n) is 3.70. The van der Waals surface area contributed by atoms with Crippen LogP contribution in [0.2, 0.25) is 0 Å². The smallest absolute Gasteiger partial charge is 0.239 e. The molecule has 13 heteroatoms. The summed E-state index contributed by atoms with van der Waals surface area (Å²) in [5.74, 6) is -3.91. The van der Waals surface area contributed by atoms with Crippen LogP contribution in [-0.4, -0.2) is 85.3 Å². The summed E-state index contributed by atoms with van der Waals surface area (Å²) < 4.78 is 21.4. The predicted octanol–water partition coefficient (Wildman–Crippen LogP) is -0.530. The molecule has 4 rings (SSSR count). The summed E-state index contributed by atoms with van der Waals surface area (Å²) in [6, 6.07) is 4.58. The first-order chi connectivity index (χ1) is 16.6. The number of methoxy groups -OCH3 is 1. The van der Waals surface area contributed by atoms with E-state index in [1.165, 1.54) is 6.07 Å². The molecule has 2 heterocycles. The number of hydrogen-bond acceptors (Lipinski definition) is 13. The number of phenols is 4. The first kappa shape index (κ1) is 24.4. The van der Waals surface area contributed by atoms with Crippen molar-refractivity contribution in [3.05, 3.63) is 34.5 Å². The quantitative estimate of drug-likeness (QED) is 0.209. The van der Waals surface area contributed by atoms with Gasteiger partial charge in [-0.05, 0) is 18.2 Å². The highest BCUT2D eigenvalue weighted by atomic mass is 16.7. The monoisotopic (exact) mass is 494 g/mol. The van der Waals surface area contributed by atoms with E-state index in [0.29, 0.717) is 0 Å². The number of hydrogen-bond donors (Lipinski definition) is 8. The Balaban J connectivity index is 1.84. The van der Waals surface area contributed by atoms with Crippen LogP contribution in [0.25, 0.3) is 22.3 Å². The van der Waals surface area contributed by atoms with Crippen molar-refractivity contribution < 1.29 is 59.5 Å². The standard InChI is InChI=1S/C22H22O13/c1-32-21-17(29)13-10(33-20(21)7-2-3-8(24)9(25)4-7)5-11(14(26)16(13)28)34-22-19(31)18(30)15(27)12(6-23)35-22/h2-5,12,15,18-19,22-28,30-31H,6H2,1H3/t12-,15-,18+,19-,22-/m1/s1. The van der Waals surface area contributed by atoms with E-state index in [2.05, 4.69) is 0 Å². The highest BCUT2D eigenvalue weighted by Gasteiger charge is 2.45. The van der Waals surface area contributed by atoms with Gasteiger partial charge in [-0.15, -0.1) is 0 Å². The van der Waals surface area contributed by atoms with E-state index in [-0.39, 0.29) is 22.7 Å². The van der Waals surface area contributed by atoms with Crippen LogP contribution in [0, 0.1) is 0 Å². The molecule has 13 nitrogen and oxygen atoms in total. The maximum atomic E-state index is 13.0. The van der Waals surface area contributed by atoms with Crippen LogP contribution in [0.5, 0.6) is 34.5 Å². The molecule has 0 bridgehead atoms. The molecule has 2 aromatic carbocycles. The SMILES string of the molecule is COc1c(-c2ccc(O)c(O)c2)oc2cc(O[C@@H]3O[C@H](CO)[C@@H](O)[C@H](O)[C@H]3O)c(O)c(O)c2c1=O. The van der Waals surface area contributed by atoms with Gasteiger partial charge in [-0.2, -0.15) is 0 Å². The van der Waals surface area contributed by atoms with Crippen LogP contribution in [0.3, 0.4) is 0 Å². The van der Waals surface area contributed by atoms with Gasteiger partial charge in [-0.1, -0.05) is 0 Å². The Morgan fingerprint density at radius 1 is 0.943 bits per heavy atom. The Morgan fingerprint density at radius 3 is 2.29 bits per heavy atom. The van der Waals surface area contributed by atoms with E-state index in [1.54, 1.807) is 0 Å². The topological polar surface area (TPSA) is 220 Å². The van der Waals surface area contributed by atoms with E-state index in [0.717, 1.165) is 25.3 Å². The van der Waals surface area contributed by atoms with E-state index in [4.69, 9.17) is 18.6 Å². The van der Waals surface area contributed by atoms with Crippen LogP contribution in [0.15, 0.2) is 33.5 Å². The summed E-state index contributed by atoms with van der Waals surface area (Å²) in [6.07, 6.45) is -8.23. The van der Waals surface area contributed by atoms with Gasteiger partial charge in [0.15, 0.2) is 28.8 Å². The first-order valence-corrected chi connectivity index (χ1v) is 10.2. The fraction of sp³-hybridized carbons (Fsp3) is 0.318. The van der Waals surface area contributed by atoms with Gasteiger partial charge >= 0.3 is 0 Å². The third-order valence-corrected chi connectivity index (χ3v) is 5.59. The van der Waals surface area contributed by atoms with Gasteiger partial charge in [-0.25, -0.2) is 0 Å². The summed E-state index contributed by atoms with van der Waals surface area (Å²) in [4.78, 5) is 13.0. The Bertz CT molecular complexity index is 1320. The Kier molecular flexibility index (Phi) is 6.36. The molecule has 3 aromatic rings. The second-order valence-electron chi connectivity index (χ2n) is 7.76. The van der Waals surface area contributed by atoms with Crippen LogP contribution < -0.4 is 14.9 Å². The van der Waals surface area contributed by atoms with Gasteiger partial charge in [0.2, 0.25) is 23.2 Å². The molecule has 1 aliphatic rings. The van der Waals surface area contributed by atoms with Crippen LogP contribution in [0.4, 0.5) is 0 Å². The minimum absolute atomic E-state index is 0.125. The van der Waals surface area contributed by atoms with Gasteiger partial charge < -0.3 is 59.5 Å². The van der Waals surface area contributed by atoms with Crippen molar-refractivity contribution in [2.75, 3.05) is 13.7 Å². The zero-order chi connectivity index (χ0) is 25.6. The Labute approximate surface area is 195 Å². The summed E-state index contributed by atoms with van der Waals surface area (Å²) in [5.41, 5.74) is -1.07. The lowest BCUT2D eigenvalue weighted by Gasteiger charge is -2.39. The van der Waals surface area contributed by atoms with Gasteiger partial charge in [0.25, 0.3) is 0 Å². The van der Waals surface area contributed by atoms with E-state index >= 15 is 0 Å². The molecule has 188 valence electrons. The molecule has 1 saturated heterocycles. The molecule has 0 amide bonds. The maximum absolute atomic E-state index is 13.0. The van der Waals surface area contributed by atoms with E-state index in [1.807, 2.05) is 0 Å². The van der Waals surface area contributed by atoms with Crippen molar-refractivity contribution in [1.82, 2.24) is 0 Å². The molecule has 0 saturated carbocycles. The largest absolute Gasteiger partial charge is 0.504 e. The maximum Gasteiger partial charge on any atom is 0.239 e. The molecular formula is C22H22O13. The lowest BCUT2D eigenvalue weighted by atomic mass is 9.99. The van der Waals surface area contributed by atoms with Gasteiger partial charge in [0, 0.05) is 11.6 Å². The molecule has 1 aromatic heterocycles. The minimum atomic E-state index is -1.82. The molecule has 0 aliphatic carbocycles. The van der Waals surface area contributed by atoms with E-state index < -0.39 is 76.9 Å². The molecule has 0 unspecified atom stereocenters. The van der Waals surface area contributed by atoms with Gasteiger partial charge in [0.1, 0.15) is 35.4 Å². The minimum Gasteiger partial charge on any atom is -0.504 e. The number of aliphatic hydroxyl groups excluding tert-OH is 4. The second-order valence-corrected chi connectivity index (χ2v) is 7.76. The van der Waals surface area contributed by atoms with E-state index in [9.17, 15) is 45.6 Å². The summed E-state index contributed by atoms with van der Waals surface area (Å²) in [6.45, 7) is -0.725. The third kappa shape index (κ3) is 4.05. The second kappa shape index (κ2) is 9.13. The summed E-state index contributed by atoms with van der Waals surface area (Å²) in [5, 5.41) is 79.2. The number of fused-ring (bicyclic) bond motifs is 1. The van der Waals surface area contributed by atoms with Crippen LogP contribution in [-0.2, 0) is 4.74 Å². The molecular weight excluding hydrogens is 472 g/mol. The number of ether oxygens (including phenoxy) is 3.